The number of imidazole rings is 1. The smallest absolute Gasteiger partial charge is 0.161 e. The molecular weight excluding hydrogens is 444 g/mol. The third-order valence-electron chi connectivity index (χ3n) is 5.59. The van der Waals surface area contributed by atoms with E-state index >= 15 is 0 Å². The molecule has 0 bridgehead atoms. The molecule has 0 aliphatic carbocycles. The van der Waals surface area contributed by atoms with Crippen LogP contribution in [0.25, 0.3) is 55.3 Å². The van der Waals surface area contributed by atoms with Crippen LogP contribution in [0.1, 0.15) is 13.3 Å². The van der Waals surface area contributed by atoms with Crippen molar-refractivity contribution in [3.63, 3.8) is 0 Å². The van der Waals surface area contributed by atoms with Crippen LogP contribution in [0, 0.1) is 0 Å². The first-order valence-corrected chi connectivity index (χ1v) is 11.7. The van der Waals surface area contributed by atoms with Gasteiger partial charge in [0.2, 0.25) is 0 Å². The summed E-state index contributed by atoms with van der Waals surface area (Å²) >= 11 is 1.66. The van der Waals surface area contributed by atoms with E-state index in [9.17, 15) is 0 Å². The molecule has 0 unspecified atom stereocenters. The highest BCUT2D eigenvalue weighted by Gasteiger charge is 2.17. The highest BCUT2D eigenvalue weighted by molar-refractivity contribution is 7.13. The third kappa shape index (κ3) is 3.52. The molecule has 0 fully saturated rings. The third-order valence-corrected chi connectivity index (χ3v) is 6.50. The molecule has 6 rings (SSSR count). The summed E-state index contributed by atoms with van der Waals surface area (Å²) in [5, 5.41) is 12.9. The number of fused-ring (bicyclic) bond motifs is 2. The molecule has 0 aliphatic heterocycles. The van der Waals surface area contributed by atoms with E-state index < -0.39 is 0 Å². The van der Waals surface area contributed by atoms with Gasteiger partial charge in [-0.25, -0.2) is 9.97 Å². The van der Waals surface area contributed by atoms with Gasteiger partial charge < -0.3 is 10.3 Å². The molecule has 0 atom stereocenters. The van der Waals surface area contributed by atoms with Gasteiger partial charge in [0.25, 0.3) is 0 Å². The zero-order chi connectivity index (χ0) is 23.1. The Morgan fingerprint density at radius 2 is 1.94 bits per heavy atom. The van der Waals surface area contributed by atoms with Gasteiger partial charge in [0, 0.05) is 34.1 Å². The van der Waals surface area contributed by atoms with Crippen LogP contribution >= 0.6 is 11.3 Å². The van der Waals surface area contributed by atoms with Crippen LogP contribution in [0.15, 0.2) is 72.8 Å². The maximum Gasteiger partial charge on any atom is 0.161 e. The summed E-state index contributed by atoms with van der Waals surface area (Å²) < 4.78 is 0. The molecule has 0 radical (unpaired) electrons. The van der Waals surface area contributed by atoms with Gasteiger partial charge in [-0.3, -0.25) is 15.1 Å². The van der Waals surface area contributed by atoms with E-state index in [1.807, 2.05) is 35.8 Å². The van der Waals surface area contributed by atoms with Crippen molar-refractivity contribution >= 4 is 39.1 Å². The molecule has 0 spiro atoms. The summed E-state index contributed by atoms with van der Waals surface area (Å²) in [6, 6.07) is 10.0. The maximum absolute atomic E-state index is 4.91. The molecule has 166 valence electrons. The fourth-order valence-corrected chi connectivity index (χ4v) is 4.56. The summed E-state index contributed by atoms with van der Waals surface area (Å²) in [5.41, 5.74) is 8.44. The Bertz CT molecular complexity index is 1640. The number of hydrogen-bond acceptors (Lipinski definition) is 7. The normalized spacial score (nSPS) is 11.3. The number of hydrogen-bond donors (Lipinski definition) is 3. The summed E-state index contributed by atoms with van der Waals surface area (Å²) in [7, 11) is 0. The largest absolute Gasteiger partial charge is 0.358 e. The molecule has 0 aliphatic rings. The Hall–Kier alpha value is -4.37. The number of anilines is 1. The van der Waals surface area contributed by atoms with Crippen LogP contribution in [0.4, 0.5) is 5.69 Å². The first-order chi connectivity index (χ1) is 16.7. The topological polar surface area (TPSA) is 108 Å². The molecule has 9 heteroatoms. The first kappa shape index (κ1) is 20.3. The minimum atomic E-state index is 0.643. The van der Waals surface area contributed by atoms with Gasteiger partial charge in [0.15, 0.2) is 11.5 Å². The van der Waals surface area contributed by atoms with Crippen LogP contribution in [0.2, 0.25) is 0 Å². The molecule has 8 nitrogen and oxygen atoms in total. The lowest BCUT2D eigenvalue weighted by atomic mass is 10.1. The van der Waals surface area contributed by atoms with E-state index in [-0.39, 0.29) is 0 Å². The fraction of sp³-hybridized carbons (Fsp3) is 0.0800. The van der Waals surface area contributed by atoms with Gasteiger partial charge in [-0.2, -0.15) is 5.10 Å². The second-order valence-electron chi connectivity index (χ2n) is 7.86. The Morgan fingerprint density at radius 1 is 1.03 bits per heavy atom. The monoisotopic (exact) mass is 464 g/mol. The van der Waals surface area contributed by atoms with E-state index in [0.29, 0.717) is 11.5 Å². The molecule has 0 amide bonds. The minimum absolute atomic E-state index is 0.643. The first-order valence-electron chi connectivity index (χ1n) is 10.8. The predicted octanol–water partition coefficient (Wildman–Crippen LogP) is 6.02. The SMILES string of the molecule is C=C(CC)Nc1cncc(-c2ccc3[nH]nc(-c4nc5c(-c6cccs6)cncc5[nH]4)c3n2)c1. The van der Waals surface area contributed by atoms with Crippen LogP contribution in [0.5, 0.6) is 0 Å². The van der Waals surface area contributed by atoms with Gasteiger partial charge in [0.05, 0.1) is 34.8 Å². The van der Waals surface area contributed by atoms with Crippen molar-refractivity contribution in [2.45, 2.75) is 13.3 Å². The lowest BCUT2D eigenvalue weighted by Crippen LogP contribution is -1.97. The highest BCUT2D eigenvalue weighted by atomic mass is 32.1. The second-order valence-corrected chi connectivity index (χ2v) is 8.80. The number of H-pyrrole nitrogens is 2. The standard InChI is InChI=1S/C25H20N8S/c1-3-14(2)28-16-9-15(10-26-11-16)18-6-7-19-23(29-18)24(33-32-19)25-30-20-13-27-12-17(22(20)31-25)21-5-4-8-34-21/h4-13,28H,2-3H2,1H3,(H,30,31)(H,32,33). The van der Waals surface area contributed by atoms with Gasteiger partial charge >= 0.3 is 0 Å². The summed E-state index contributed by atoms with van der Waals surface area (Å²) in [5.74, 6) is 0.643. The Balaban J connectivity index is 1.43. The van der Waals surface area contributed by atoms with Gasteiger partial charge in [-0.1, -0.05) is 19.6 Å². The van der Waals surface area contributed by atoms with E-state index in [0.717, 1.165) is 61.6 Å². The van der Waals surface area contributed by atoms with Crippen molar-refractivity contribution < 1.29 is 0 Å². The van der Waals surface area contributed by atoms with Gasteiger partial charge in [0.1, 0.15) is 11.0 Å². The quantitative estimate of drug-likeness (QED) is 0.278. The molecule has 0 saturated carbocycles. The molecular formula is C25H20N8S. The van der Waals surface area contributed by atoms with Gasteiger partial charge in [-0.05, 0) is 36.1 Å². The highest BCUT2D eigenvalue weighted by Crippen LogP contribution is 2.33. The summed E-state index contributed by atoms with van der Waals surface area (Å²) in [4.78, 5) is 23.0. The van der Waals surface area contributed by atoms with E-state index in [4.69, 9.17) is 9.97 Å². The van der Waals surface area contributed by atoms with Crippen LogP contribution in [0.3, 0.4) is 0 Å². The molecule has 0 aromatic carbocycles. The average molecular weight is 465 g/mol. The average Bonchev–Trinajstić information content (AvgIpc) is 3.62. The van der Waals surface area contributed by atoms with Crippen LogP contribution in [-0.2, 0) is 0 Å². The number of nitrogens with one attached hydrogen (secondary N) is 3. The number of allylic oxidation sites excluding steroid dienone is 1. The number of aromatic nitrogens is 7. The van der Waals surface area contributed by atoms with Crippen molar-refractivity contribution in [1.82, 2.24) is 35.1 Å². The van der Waals surface area contributed by atoms with Crippen molar-refractivity contribution in [3.8, 4) is 33.2 Å². The Morgan fingerprint density at radius 3 is 2.79 bits per heavy atom. The number of thiophene rings is 1. The minimum Gasteiger partial charge on any atom is -0.358 e. The number of aromatic amines is 2. The second kappa shape index (κ2) is 8.20. The van der Waals surface area contributed by atoms with Crippen molar-refractivity contribution in [3.05, 3.63) is 72.8 Å². The number of nitrogens with zero attached hydrogens (tertiary/aromatic N) is 5. The summed E-state index contributed by atoms with van der Waals surface area (Å²) in [6.07, 6.45) is 8.05. The van der Waals surface area contributed by atoms with Crippen molar-refractivity contribution in [2.24, 2.45) is 0 Å². The van der Waals surface area contributed by atoms with Crippen LogP contribution < -0.4 is 5.32 Å². The predicted molar refractivity (Wildman–Crippen MR) is 136 cm³/mol. The lowest BCUT2D eigenvalue weighted by molar-refractivity contribution is 1.10. The summed E-state index contributed by atoms with van der Waals surface area (Å²) in [6.45, 7) is 6.06. The number of rotatable bonds is 6. The molecule has 6 aromatic heterocycles. The van der Waals surface area contributed by atoms with Gasteiger partial charge in [-0.15, -0.1) is 11.3 Å². The molecule has 6 heterocycles. The van der Waals surface area contributed by atoms with E-state index in [1.54, 1.807) is 29.9 Å². The molecule has 6 aromatic rings. The molecule has 3 N–H and O–H groups in total. The molecule has 34 heavy (non-hydrogen) atoms. The van der Waals surface area contributed by atoms with E-state index in [1.165, 1.54) is 0 Å². The van der Waals surface area contributed by atoms with Crippen molar-refractivity contribution in [2.75, 3.05) is 5.32 Å². The maximum atomic E-state index is 4.91. The van der Waals surface area contributed by atoms with Crippen LogP contribution in [-0.4, -0.2) is 35.1 Å². The Labute approximate surface area is 198 Å². The fourth-order valence-electron chi connectivity index (χ4n) is 3.82. The Kier molecular flexibility index (Phi) is 4.88. The zero-order valence-corrected chi connectivity index (χ0v) is 19.1. The molecule has 0 saturated heterocycles. The zero-order valence-electron chi connectivity index (χ0n) is 18.3. The number of pyridine rings is 3. The van der Waals surface area contributed by atoms with Crippen molar-refractivity contribution in [1.29, 1.82) is 0 Å². The lowest BCUT2D eigenvalue weighted by Gasteiger charge is -2.08. The van der Waals surface area contributed by atoms with E-state index in [2.05, 4.69) is 50.0 Å².